The molecule has 1 amide bonds. The number of carbonyl (C=O) groups is 1. The van der Waals surface area contributed by atoms with E-state index in [0.29, 0.717) is 30.1 Å². The van der Waals surface area contributed by atoms with Crippen LogP contribution in [0, 0.1) is 12.3 Å². The first-order chi connectivity index (χ1) is 12.7. The molecule has 1 heterocycles. The summed E-state index contributed by atoms with van der Waals surface area (Å²) >= 11 is 0. The van der Waals surface area contributed by atoms with Gasteiger partial charge in [-0.1, -0.05) is 43.7 Å². The summed E-state index contributed by atoms with van der Waals surface area (Å²) in [5, 5.41) is 2.93. The second-order valence-corrected chi connectivity index (χ2v) is 9.13. The van der Waals surface area contributed by atoms with Crippen LogP contribution in [0.25, 0.3) is 0 Å². The topological polar surface area (TPSA) is 87.6 Å². The van der Waals surface area contributed by atoms with Crippen LogP contribution in [0.1, 0.15) is 35.3 Å². The van der Waals surface area contributed by atoms with Crippen LogP contribution in [0.2, 0.25) is 0 Å². The number of aliphatic imine (C=N–C) groups is 1. The normalized spacial score (nSPS) is 16.6. The van der Waals surface area contributed by atoms with Gasteiger partial charge in [0.15, 0.2) is 0 Å². The SMILES string of the molecule is Cc1cccc(C(=O)NCC(C)(C)CN=C2NS(=O)(=O)c3ccccc32)c1. The van der Waals surface area contributed by atoms with E-state index in [0.717, 1.165) is 5.56 Å². The van der Waals surface area contributed by atoms with Crippen LogP contribution in [0.4, 0.5) is 0 Å². The first kappa shape index (κ1) is 19.1. The number of carbonyl (C=O) groups excluding carboxylic acids is 1. The standard InChI is InChI=1S/C20H23N3O3S/c1-14-7-6-8-15(11-14)19(24)22-13-20(2,3)12-21-18-16-9-4-5-10-17(16)27(25,26)23-18/h4-11H,12-13H2,1-3H3,(H,21,23)(H,22,24). The molecule has 0 bridgehead atoms. The molecule has 142 valence electrons. The van der Waals surface area contributed by atoms with E-state index >= 15 is 0 Å². The number of sulfonamides is 1. The Hall–Kier alpha value is -2.67. The van der Waals surface area contributed by atoms with E-state index < -0.39 is 10.0 Å². The lowest BCUT2D eigenvalue weighted by Gasteiger charge is -2.23. The van der Waals surface area contributed by atoms with Gasteiger partial charge in [0.25, 0.3) is 15.9 Å². The Morgan fingerprint density at radius 2 is 1.89 bits per heavy atom. The average Bonchev–Trinajstić information content (AvgIpc) is 2.89. The second kappa shape index (κ2) is 7.15. The van der Waals surface area contributed by atoms with Crippen molar-refractivity contribution in [1.29, 1.82) is 0 Å². The van der Waals surface area contributed by atoms with E-state index in [-0.39, 0.29) is 16.2 Å². The minimum Gasteiger partial charge on any atom is -0.351 e. The molecule has 2 aromatic carbocycles. The number of benzene rings is 2. The summed E-state index contributed by atoms with van der Waals surface area (Å²) in [6, 6.07) is 14.2. The van der Waals surface area contributed by atoms with Crippen molar-refractivity contribution in [2.45, 2.75) is 25.7 Å². The van der Waals surface area contributed by atoms with E-state index in [1.165, 1.54) is 0 Å². The summed E-state index contributed by atoms with van der Waals surface area (Å²) in [7, 11) is -3.54. The highest BCUT2D eigenvalue weighted by atomic mass is 32.2. The maximum atomic E-state index is 12.3. The Morgan fingerprint density at radius 3 is 2.63 bits per heavy atom. The summed E-state index contributed by atoms with van der Waals surface area (Å²) < 4.78 is 26.8. The first-order valence-electron chi connectivity index (χ1n) is 8.69. The maximum absolute atomic E-state index is 12.3. The number of hydrogen-bond donors (Lipinski definition) is 2. The van der Waals surface area contributed by atoms with Gasteiger partial charge in [0.05, 0.1) is 4.90 Å². The molecule has 3 rings (SSSR count). The molecule has 2 aromatic rings. The van der Waals surface area contributed by atoms with Crippen molar-refractivity contribution in [3.8, 4) is 0 Å². The van der Waals surface area contributed by atoms with Gasteiger partial charge in [-0.05, 0) is 31.2 Å². The van der Waals surface area contributed by atoms with E-state index in [9.17, 15) is 13.2 Å². The molecular weight excluding hydrogens is 362 g/mol. The largest absolute Gasteiger partial charge is 0.351 e. The summed E-state index contributed by atoms with van der Waals surface area (Å²) in [5.74, 6) is 0.218. The highest BCUT2D eigenvalue weighted by Gasteiger charge is 2.30. The monoisotopic (exact) mass is 385 g/mol. The van der Waals surface area contributed by atoms with Crippen LogP contribution in [-0.4, -0.2) is 33.3 Å². The minimum absolute atomic E-state index is 0.133. The highest BCUT2D eigenvalue weighted by Crippen LogP contribution is 2.23. The quantitative estimate of drug-likeness (QED) is 0.829. The van der Waals surface area contributed by atoms with Gasteiger partial charge in [-0.2, -0.15) is 0 Å². The van der Waals surface area contributed by atoms with Crippen LogP contribution in [0.3, 0.4) is 0 Å². The smallest absolute Gasteiger partial charge is 0.263 e. The highest BCUT2D eigenvalue weighted by molar-refractivity contribution is 7.90. The number of rotatable bonds is 5. The zero-order valence-corrected chi connectivity index (χ0v) is 16.4. The Balaban J connectivity index is 1.67. The lowest BCUT2D eigenvalue weighted by molar-refractivity contribution is 0.0938. The molecule has 1 aliphatic rings. The summed E-state index contributed by atoms with van der Waals surface area (Å²) in [6.07, 6.45) is 0. The number of nitrogens with zero attached hydrogens (tertiary/aromatic N) is 1. The fraction of sp³-hybridized carbons (Fsp3) is 0.300. The van der Waals surface area contributed by atoms with Gasteiger partial charge >= 0.3 is 0 Å². The van der Waals surface area contributed by atoms with Crippen molar-refractivity contribution < 1.29 is 13.2 Å². The summed E-state index contributed by atoms with van der Waals surface area (Å²) in [4.78, 5) is 17.0. The lowest BCUT2D eigenvalue weighted by Crippen LogP contribution is -2.36. The zero-order valence-electron chi connectivity index (χ0n) is 15.6. The fourth-order valence-electron chi connectivity index (χ4n) is 2.81. The third kappa shape index (κ3) is 4.36. The number of hydrogen-bond acceptors (Lipinski definition) is 4. The Labute approximate surface area is 159 Å². The molecule has 0 aromatic heterocycles. The van der Waals surface area contributed by atoms with Crippen molar-refractivity contribution in [1.82, 2.24) is 10.0 Å². The first-order valence-corrected chi connectivity index (χ1v) is 10.2. The number of fused-ring (bicyclic) bond motifs is 1. The van der Waals surface area contributed by atoms with Crippen molar-refractivity contribution >= 4 is 21.8 Å². The van der Waals surface area contributed by atoms with Crippen molar-refractivity contribution in [2.75, 3.05) is 13.1 Å². The molecule has 6 nitrogen and oxygen atoms in total. The van der Waals surface area contributed by atoms with Gasteiger partial charge in [0.1, 0.15) is 5.84 Å². The van der Waals surface area contributed by atoms with Crippen LogP contribution in [0.5, 0.6) is 0 Å². The Bertz CT molecular complexity index is 1010. The van der Waals surface area contributed by atoms with Crippen LogP contribution in [0.15, 0.2) is 58.4 Å². The molecule has 7 heteroatoms. The van der Waals surface area contributed by atoms with Gasteiger partial charge in [0.2, 0.25) is 0 Å². The number of nitrogens with one attached hydrogen (secondary N) is 2. The van der Waals surface area contributed by atoms with Crippen LogP contribution >= 0.6 is 0 Å². The van der Waals surface area contributed by atoms with Gasteiger partial charge in [-0.25, -0.2) is 8.42 Å². The van der Waals surface area contributed by atoms with Gasteiger partial charge in [-0.3, -0.25) is 14.5 Å². The summed E-state index contributed by atoms with van der Waals surface area (Å²) in [5.41, 5.74) is 1.89. The molecular formula is C20H23N3O3S. The lowest BCUT2D eigenvalue weighted by atomic mass is 9.93. The molecule has 1 aliphatic heterocycles. The van der Waals surface area contributed by atoms with E-state index in [4.69, 9.17) is 0 Å². The van der Waals surface area contributed by atoms with Crippen molar-refractivity contribution in [3.05, 3.63) is 65.2 Å². The van der Waals surface area contributed by atoms with Crippen LogP contribution in [-0.2, 0) is 10.0 Å². The van der Waals surface area contributed by atoms with Crippen molar-refractivity contribution in [3.63, 3.8) is 0 Å². The molecule has 0 aliphatic carbocycles. The molecule has 0 atom stereocenters. The third-order valence-corrected chi connectivity index (χ3v) is 5.73. The molecule has 0 unspecified atom stereocenters. The Kier molecular flexibility index (Phi) is 5.06. The van der Waals surface area contributed by atoms with E-state index in [1.807, 2.05) is 39.0 Å². The van der Waals surface area contributed by atoms with Gasteiger partial charge in [0, 0.05) is 29.6 Å². The predicted molar refractivity (Wildman–Crippen MR) is 105 cm³/mol. The van der Waals surface area contributed by atoms with E-state index in [1.54, 1.807) is 30.3 Å². The van der Waals surface area contributed by atoms with Crippen molar-refractivity contribution in [2.24, 2.45) is 10.4 Å². The predicted octanol–water partition coefficient (Wildman–Crippen LogP) is 2.49. The molecule has 0 saturated heterocycles. The Morgan fingerprint density at radius 1 is 1.15 bits per heavy atom. The zero-order chi connectivity index (χ0) is 19.7. The number of amides is 1. The number of amidine groups is 1. The molecule has 27 heavy (non-hydrogen) atoms. The average molecular weight is 385 g/mol. The van der Waals surface area contributed by atoms with E-state index in [2.05, 4.69) is 15.0 Å². The van der Waals surface area contributed by atoms with Gasteiger partial charge in [-0.15, -0.1) is 0 Å². The second-order valence-electron chi connectivity index (χ2n) is 7.48. The third-order valence-electron chi connectivity index (χ3n) is 4.34. The molecule has 0 spiro atoms. The molecule has 0 fully saturated rings. The van der Waals surface area contributed by atoms with Crippen LogP contribution < -0.4 is 10.0 Å². The molecule has 0 saturated carbocycles. The van der Waals surface area contributed by atoms with Gasteiger partial charge < -0.3 is 5.32 Å². The molecule has 0 radical (unpaired) electrons. The maximum Gasteiger partial charge on any atom is 0.263 e. The molecule has 2 N–H and O–H groups in total. The minimum atomic E-state index is -3.54. The fourth-order valence-corrected chi connectivity index (χ4v) is 4.06. The summed E-state index contributed by atoms with van der Waals surface area (Å²) in [6.45, 7) is 6.68. The number of aryl methyl sites for hydroxylation is 1.